The highest BCUT2D eigenvalue weighted by molar-refractivity contribution is 5.69. The molecule has 1 amide bonds. The van der Waals surface area contributed by atoms with E-state index in [1.165, 1.54) is 4.90 Å². The molecular formula is C11H20FNO3. The van der Waals surface area contributed by atoms with Crippen molar-refractivity contribution in [2.75, 3.05) is 6.54 Å². The lowest BCUT2D eigenvalue weighted by Gasteiger charge is -2.29. The van der Waals surface area contributed by atoms with E-state index in [2.05, 4.69) is 0 Å². The molecule has 0 bridgehead atoms. The molecule has 5 heteroatoms. The highest BCUT2D eigenvalue weighted by atomic mass is 19.1. The number of alkyl halides is 1. The Morgan fingerprint density at radius 1 is 1.56 bits per heavy atom. The maximum absolute atomic E-state index is 13.2. The van der Waals surface area contributed by atoms with Gasteiger partial charge in [-0.2, -0.15) is 0 Å². The second-order valence-corrected chi connectivity index (χ2v) is 5.27. The van der Waals surface area contributed by atoms with Gasteiger partial charge in [-0.05, 0) is 27.7 Å². The molecule has 0 spiro atoms. The summed E-state index contributed by atoms with van der Waals surface area (Å²) in [7, 11) is 0. The SMILES string of the molecule is C[C@@H](O)[C@@H]1C[C@H](F)CN1C(=O)OC(C)(C)C. The minimum atomic E-state index is -1.08. The zero-order valence-electron chi connectivity index (χ0n) is 10.2. The topological polar surface area (TPSA) is 49.8 Å². The number of rotatable bonds is 1. The quantitative estimate of drug-likeness (QED) is 0.750. The van der Waals surface area contributed by atoms with Crippen LogP contribution in [0.3, 0.4) is 0 Å². The molecule has 0 radical (unpaired) electrons. The van der Waals surface area contributed by atoms with Crippen LogP contribution < -0.4 is 0 Å². The Hall–Kier alpha value is -0.840. The molecule has 1 rings (SSSR count). The van der Waals surface area contributed by atoms with E-state index in [0.717, 1.165) is 0 Å². The van der Waals surface area contributed by atoms with Crippen LogP contribution in [-0.4, -0.2) is 46.6 Å². The van der Waals surface area contributed by atoms with Crippen molar-refractivity contribution in [2.24, 2.45) is 0 Å². The lowest BCUT2D eigenvalue weighted by molar-refractivity contribution is 0.00771. The van der Waals surface area contributed by atoms with Crippen molar-refractivity contribution < 1.29 is 19.0 Å². The largest absolute Gasteiger partial charge is 0.444 e. The molecule has 0 aromatic heterocycles. The van der Waals surface area contributed by atoms with Crippen LogP contribution in [0.1, 0.15) is 34.1 Å². The van der Waals surface area contributed by atoms with Crippen molar-refractivity contribution >= 4 is 6.09 Å². The fourth-order valence-electron chi connectivity index (χ4n) is 1.80. The first-order valence-corrected chi connectivity index (χ1v) is 5.52. The molecular weight excluding hydrogens is 213 g/mol. The Bertz CT molecular complexity index is 262. The Morgan fingerprint density at radius 3 is 2.56 bits per heavy atom. The van der Waals surface area contributed by atoms with Gasteiger partial charge in [0, 0.05) is 6.42 Å². The van der Waals surface area contributed by atoms with Crippen molar-refractivity contribution in [1.29, 1.82) is 0 Å². The van der Waals surface area contributed by atoms with Crippen molar-refractivity contribution in [1.82, 2.24) is 4.90 Å². The second-order valence-electron chi connectivity index (χ2n) is 5.27. The van der Waals surface area contributed by atoms with Crippen LogP contribution in [0.25, 0.3) is 0 Å². The highest BCUT2D eigenvalue weighted by Gasteiger charge is 2.39. The molecule has 0 aromatic carbocycles. The standard InChI is InChI=1S/C11H20FNO3/c1-7(14)9-5-8(12)6-13(9)10(15)16-11(2,3)4/h7-9,14H,5-6H2,1-4H3/t7-,8+,9+/m1/s1. The molecule has 0 unspecified atom stereocenters. The van der Waals surface area contributed by atoms with E-state index >= 15 is 0 Å². The van der Waals surface area contributed by atoms with Crippen LogP contribution >= 0.6 is 0 Å². The van der Waals surface area contributed by atoms with Crippen molar-refractivity contribution in [3.8, 4) is 0 Å². The van der Waals surface area contributed by atoms with Gasteiger partial charge in [0.1, 0.15) is 11.8 Å². The van der Waals surface area contributed by atoms with Crippen LogP contribution in [0.4, 0.5) is 9.18 Å². The molecule has 1 aliphatic rings. The summed E-state index contributed by atoms with van der Waals surface area (Å²) in [6.07, 6.45) is -2.20. The van der Waals surface area contributed by atoms with E-state index in [9.17, 15) is 14.3 Å². The summed E-state index contributed by atoms with van der Waals surface area (Å²) in [5.74, 6) is 0. The van der Waals surface area contributed by atoms with Crippen LogP contribution in [0.5, 0.6) is 0 Å². The Kier molecular flexibility index (Phi) is 3.78. The third-order valence-corrected chi connectivity index (χ3v) is 2.48. The zero-order chi connectivity index (χ0) is 12.5. The second kappa shape index (κ2) is 4.57. The fraction of sp³-hybridized carbons (Fsp3) is 0.909. The van der Waals surface area contributed by atoms with E-state index in [1.807, 2.05) is 0 Å². The number of ether oxygens (including phenoxy) is 1. The number of carbonyl (C=O) groups excluding carboxylic acids is 1. The Labute approximate surface area is 95.4 Å². The Morgan fingerprint density at radius 2 is 2.12 bits per heavy atom. The van der Waals surface area contributed by atoms with Crippen LogP contribution in [0, 0.1) is 0 Å². The van der Waals surface area contributed by atoms with Gasteiger partial charge in [0.05, 0.1) is 18.7 Å². The minimum Gasteiger partial charge on any atom is -0.444 e. The lowest BCUT2D eigenvalue weighted by Crippen LogP contribution is -2.44. The van der Waals surface area contributed by atoms with E-state index in [-0.39, 0.29) is 13.0 Å². The van der Waals surface area contributed by atoms with Gasteiger partial charge in [0.2, 0.25) is 0 Å². The summed E-state index contributed by atoms with van der Waals surface area (Å²) >= 11 is 0. The average Bonchev–Trinajstić information content (AvgIpc) is 2.44. The number of hydrogen-bond acceptors (Lipinski definition) is 3. The number of halogens is 1. The van der Waals surface area contributed by atoms with Gasteiger partial charge in [0.15, 0.2) is 0 Å². The molecule has 1 aliphatic heterocycles. The van der Waals surface area contributed by atoms with E-state index in [0.29, 0.717) is 0 Å². The van der Waals surface area contributed by atoms with Crippen LogP contribution in [-0.2, 0) is 4.74 Å². The van der Waals surface area contributed by atoms with Crippen molar-refractivity contribution in [2.45, 2.75) is 58.0 Å². The van der Waals surface area contributed by atoms with Gasteiger partial charge in [0.25, 0.3) is 0 Å². The highest BCUT2D eigenvalue weighted by Crippen LogP contribution is 2.25. The lowest BCUT2D eigenvalue weighted by atomic mass is 10.1. The molecule has 3 atom stereocenters. The predicted molar refractivity (Wildman–Crippen MR) is 57.9 cm³/mol. The van der Waals surface area contributed by atoms with Gasteiger partial charge in [-0.1, -0.05) is 0 Å². The van der Waals surface area contributed by atoms with Gasteiger partial charge >= 0.3 is 6.09 Å². The summed E-state index contributed by atoms with van der Waals surface area (Å²) < 4.78 is 18.4. The number of likely N-dealkylation sites (tertiary alicyclic amines) is 1. The maximum Gasteiger partial charge on any atom is 0.410 e. The molecule has 94 valence electrons. The summed E-state index contributed by atoms with van der Waals surface area (Å²) in [5.41, 5.74) is -0.602. The Balaban J connectivity index is 2.67. The van der Waals surface area contributed by atoms with Gasteiger partial charge < -0.3 is 9.84 Å². The number of aliphatic hydroxyl groups is 1. The van der Waals surface area contributed by atoms with E-state index in [4.69, 9.17) is 4.74 Å². The summed E-state index contributed by atoms with van der Waals surface area (Å²) in [4.78, 5) is 13.0. The third kappa shape index (κ3) is 3.33. The molecule has 0 aliphatic carbocycles. The summed E-state index contributed by atoms with van der Waals surface area (Å²) in [5, 5.41) is 9.47. The molecule has 16 heavy (non-hydrogen) atoms. The normalized spacial score (nSPS) is 28.0. The maximum atomic E-state index is 13.2. The molecule has 1 N–H and O–H groups in total. The van der Waals surface area contributed by atoms with E-state index < -0.39 is 30.0 Å². The van der Waals surface area contributed by atoms with Crippen molar-refractivity contribution in [3.05, 3.63) is 0 Å². The molecule has 0 aromatic rings. The van der Waals surface area contributed by atoms with Gasteiger partial charge in [-0.15, -0.1) is 0 Å². The number of aliphatic hydroxyl groups excluding tert-OH is 1. The number of hydrogen-bond donors (Lipinski definition) is 1. The molecule has 4 nitrogen and oxygen atoms in total. The fourth-order valence-corrected chi connectivity index (χ4v) is 1.80. The average molecular weight is 233 g/mol. The van der Waals surface area contributed by atoms with E-state index in [1.54, 1.807) is 27.7 Å². The molecule has 0 saturated carbocycles. The van der Waals surface area contributed by atoms with Crippen LogP contribution in [0.15, 0.2) is 0 Å². The summed E-state index contributed by atoms with van der Waals surface area (Å²) in [6, 6.07) is -0.482. The predicted octanol–water partition coefficient (Wildman–Crippen LogP) is 1.71. The number of nitrogens with zero attached hydrogens (tertiary/aromatic N) is 1. The number of carbonyl (C=O) groups is 1. The zero-order valence-corrected chi connectivity index (χ0v) is 10.2. The first-order chi connectivity index (χ1) is 7.20. The monoisotopic (exact) mass is 233 g/mol. The van der Waals surface area contributed by atoms with Gasteiger partial charge in [-0.3, -0.25) is 4.90 Å². The first-order valence-electron chi connectivity index (χ1n) is 5.52. The molecule has 1 heterocycles. The summed E-state index contributed by atoms with van der Waals surface area (Å²) in [6.45, 7) is 6.83. The molecule has 1 fully saturated rings. The molecule has 1 saturated heterocycles. The number of amides is 1. The third-order valence-electron chi connectivity index (χ3n) is 2.48. The van der Waals surface area contributed by atoms with Gasteiger partial charge in [-0.25, -0.2) is 9.18 Å². The minimum absolute atomic E-state index is 0.00444. The smallest absolute Gasteiger partial charge is 0.410 e. The van der Waals surface area contributed by atoms with Crippen LogP contribution in [0.2, 0.25) is 0 Å². The first kappa shape index (κ1) is 13.2. The van der Waals surface area contributed by atoms with Crippen molar-refractivity contribution in [3.63, 3.8) is 0 Å².